The Labute approximate surface area is 200 Å². The van der Waals surface area contributed by atoms with Crippen LogP contribution in [0.5, 0.6) is 0 Å². The van der Waals surface area contributed by atoms with Gasteiger partial charge in [0.25, 0.3) is 0 Å². The van der Waals surface area contributed by atoms with E-state index >= 15 is 0 Å². The molecule has 7 nitrogen and oxygen atoms in total. The predicted molar refractivity (Wildman–Crippen MR) is 128 cm³/mol. The lowest BCUT2D eigenvalue weighted by Crippen LogP contribution is -2.48. The summed E-state index contributed by atoms with van der Waals surface area (Å²) in [5.41, 5.74) is 0.518. The van der Waals surface area contributed by atoms with Crippen molar-refractivity contribution in [3.63, 3.8) is 0 Å². The third-order valence-corrected chi connectivity index (χ3v) is 8.01. The number of halogens is 1. The van der Waals surface area contributed by atoms with E-state index in [1.807, 2.05) is 11.8 Å². The molecule has 3 fully saturated rings. The van der Waals surface area contributed by atoms with Gasteiger partial charge in [-0.05, 0) is 30.1 Å². The molecule has 4 rings (SSSR count). The molecule has 0 N–H and O–H groups in total. The lowest BCUT2D eigenvalue weighted by atomic mass is 9.65. The lowest BCUT2D eigenvalue weighted by molar-refractivity contribution is -0.131. The molecule has 3 heterocycles. The van der Waals surface area contributed by atoms with Crippen LogP contribution < -0.4 is 4.90 Å². The quantitative estimate of drug-likeness (QED) is 0.364. The second kappa shape index (κ2) is 9.01. The fraction of sp³-hybridized carbons (Fsp3) is 0.739. The van der Waals surface area contributed by atoms with Gasteiger partial charge < -0.3 is 14.7 Å². The van der Waals surface area contributed by atoms with Crippen LogP contribution in [-0.4, -0.2) is 76.1 Å². The van der Waals surface area contributed by atoms with Gasteiger partial charge in [-0.3, -0.25) is 9.59 Å². The van der Waals surface area contributed by atoms with Crippen LogP contribution in [0, 0.1) is 10.8 Å². The van der Waals surface area contributed by atoms with Crippen molar-refractivity contribution in [3.8, 4) is 0 Å². The van der Waals surface area contributed by atoms with Crippen LogP contribution in [0.2, 0.25) is 5.15 Å². The average Bonchev–Trinajstić information content (AvgIpc) is 2.99. The van der Waals surface area contributed by atoms with Gasteiger partial charge in [0.15, 0.2) is 5.16 Å². The van der Waals surface area contributed by atoms with E-state index in [4.69, 9.17) is 11.6 Å². The molecule has 0 spiro atoms. The summed E-state index contributed by atoms with van der Waals surface area (Å²) in [6.45, 7) is 12.5. The second-order valence-electron chi connectivity index (χ2n) is 10.6. The second-order valence-corrected chi connectivity index (χ2v) is 11.9. The highest BCUT2D eigenvalue weighted by atomic mass is 35.5. The van der Waals surface area contributed by atoms with E-state index in [1.165, 1.54) is 18.2 Å². The minimum Gasteiger partial charge on any atom is -0.353 e. The highest BCUT2D eigenvalue weighted by Crippen LogP contribution is 2.52. The lowest BCUT2D eigenvalue weighted by Gasteiger charge is -2.39. The molecule has 9 heteroatoms. The first-order chi connectivity index (χ1) is 15.1. The number of aromatic nitrogens is 2. The normalized spacial score (nSPS) is 27.0. The largest absolute Gasteiger partial charge is 0.353 e. The predicted octanol–water partition coefficient (Wildman–Crippen LogP) is 3.71. The van der Waals surface area contributed by atoms with Crippen LogP contribution in [0.4, 0.5) is 5.82 Å². The first-order valence-electron chi connectivity index (χ1n) is 11.6. The number of thioether (sulfide) groups is 1. The van der Waals surface area contributed by atoms with Crippen molar-refractivity contribution in [2.24, 2.45) is 10.8 Å². The summed E-state index contributed by atoms with van der Waals surface area (Å²) in [6, 6.07) is 2.10. The molecule has 2 amide bonds. The maximum atomic E-state index is 13.1. The zero-order valence-corrected chi connectivity index (χ0v) is 21.1. The number of fused-ring (bicyclic) bond motifs is 2. The highest BCUT2D eigenvalue weighted by molar-refractivity contribution is 7.99. The SMILES string of the molecule is CCC(=O)N1CCN(c2cc(Cl)nc(SCC(=O)N3CC4(C)CC3CC(C)(C)C4)n2)CC1. The molecule has 32 heavy (non-hydrogen) atoms. The van der Waals surface area contributed by atoms with Gasteiger partial charge in [-0.25, -0.2) is 9.97 Å². The topological polar surface area (TPSA) is 69.6 Å². The van der Waals surface area contributed by atoms with Crippen LogP contribution in [0.25, 0.3) is 0 Å². The molecule has 1 aliphatic carbocycles. The standard InChI is InChI=1S/C23H34ClN5O2S/c1-5-19(30)28-8-6-27(7-9-28)18-10-17(24)25-21(26-18)32-13-20(31)29-15-23(4)12-16(29)11-22(2,3)14-23/h10,16H,5-9,11-15H2,1-4H3. The van der Waals surface area contributed by atoms with Crippen molar-refractivity contribution in [2.45, 2.75) is 64.6 Å². The molecule has 176 valence electrons. The number of piperazine rings is 1. The molecule has 0 radical (unpaired) electrons. The number of hydrogen-bond acceptors (Lipinski definition) is 6. The molecule has 2 atom stereocenters. The third-order valence-electron chi connectivity index (χ3n) is 6.98. The van der Waals surface area contributed by atoms with Gasteiger partial charge >= 0.3 is 0 Å². The molecule has 1 saturated carbocycles. The number of nitrogens with zero attached hydrogens (tertiary/aromatic N) is 5. The van der Waals surface area contributed by atoms with Gasteiger partial charge in [-0.1, -0.05) is 51.1 Å². The molecule has 1 aromatic heterocycles. The van der Waals surface area contributed by atoms with Gasteiger partial charge in [0, 0.05) is 51.3 Å². The minimum atomic E-state index is 0.165. The number of likely N-dealkylation sites (tertiary alicyclic amines) is 1. The summed E-state index contributed by atoms with van der Waals surface area (Å²) < 4.78 is 0. The van der Waals surface area contributed by atoms with Gasteiger partial charge in [0.1, 0.15) is 11.0 Å². The molecular weight excluding hydrogens is 446 g/mol. The number of amides is 2. The molecule has 2 unspecified atom stereocenters. The van der Waals surface area contributed by atoms with Crippen molar-refractivity contribution in [1.29, 1.82) is 0 Å². The number of anilines is 1. The number of carbonyl (C=O) groups excluding carboxylic acids is 2. The molecule has 2 saturated heterocycles. The minimum absolute atomic E-state index is 0.165. The first-order valence-corrected chi connectivity index (χ1v) is 12.9. The Balaban J connectivity index is 1.37. The van der Waals surface area contributed by atoms with E-state index in [1.54, 1.807) is 6.07 Å². The van der Waals surface area contributed by atoms with Gasteiger partial charge in [-0.15, -0.1) is 0 Å². The van der Waals surface area contributed by atoms with E-state index in [0.29, 0.717) is 54.7 Å². The molecule has 2 bridgehead atoms. The smallest absolute Gasteiger partial charge is 0.233 e. The summed E-state index contributed by atoms with van der Waals surface area (Å²) in [7, 11) is 0. The van der Waals surface area contributed by atoms with Crippen molar-refractivity contribution < 1.29 is 9.59 Å². The molecule has 3 aliphatic rings. The zero-order chi connectivity index (χ0) is 23.1. The molecule has 2 aliphatic heterocycles. The number of rotatable bonds is 5. The highest BCUT2D eigenvalue weighted by Gasteiger charge is 2.50. The van der Waals surface area contributed by atoms with Crippen LogP contribution in [-0.2, 0) is 9.59 Å². The van der Waals surface area contributed by atoms with Crippen LogP contribution in [0.3, 0.4) is 0 Å². The average molecular weight is 480 g/mol. The van der Waals surface area contributed by atoms with E-state index in [0.717, 1.165) is 25.2 Å². The fourth-order valence-corrected chi connectivity index (χ4v) is 6.95. The Kier molecular flexibility index (Phi) is 6.65. The molecule has 1 aromatic rings. The van der Waals surface area contributed by atoms with E-state index in [9.17, 15) is 9.59 Å². The monoisotopic (exact) mass is 479 g/mol. The summed E-state index contributed by atoms with van der Waals surface area (Å²) >= 11 is 7.65. The van der Waals surface area contributed by atoms with E-state index < -0.39 is 0 Å². The maximum Gasteiger partial charge on any atom is 0.233 e. The van der Waals surface area contributed by atoms with Gasteiger partial charge in [0.05, 0.1) is 5.75 Å². The van der Waals surface area contributed by atoms with Gasteiger partial charge in [0.2, 0.25) is 11.8 Å². The van der Waals surface area contributed by atoms with Crippen LogP contribution in [0.15, 0.2) is 11.2 Å². The molecular formula is C23H34ClN5O2S. The van der Waals surface area contributed by atoms with E-state index in [-0.39, 0.29) is 22.6 Å². The Bertz CT molecular complexity index is 889. The van der Waals surface area contributed by atoms with Crippen molar-refractivity contribution >= 4 is 41.0 Å². The van der Waals surface area contributed by atoms with Gasteiger partial charge in [-0.2, -0.15) is 0 Å². The third kappa shape index (κ3) is 5.16. The van der Waals surface area contributed by atoms with Crippen molar-refractivity contribution in [1.82, 2.24) is 19.8 Å². The first kappa shape index (κ1) is 23.6. The van der Waals surface area contributed by atoms with Crippen LogP contribution >= 0.6 is 23.4 Å². The number of carbonyl (C=O) groups is 2. The van der Waals surface area contributed by atoms with Crippen LogP contribution in [0.1, 0.15) is 53.4 Å². The summed E-state index contributed by atoms with van der Waals surface area (Å²) in [4.78, 5) is 40.1. The summed E-state index contributed by atoms with van der Waals surface area (Å²) in [6.07, 6.45) is 3.88. The maximum absolute atomic E-state index is 13.1. The number of hydrogen-bond donors (Lipinski definition) is 0. The van der Waals surface area contributed by atoms with Crippen molar-refractivity contribution in [3.05, 3.63) is 11.2 Å². The molecule has 0 aromatic carbocycles. The zero-order valence-electron chi connectivity index (χ0n) is 19.6. The summed E-state index contributed by atoms with van der Waals surface area (Å²) in [5, 5.41) is 0.907. The Hall–Kier alpha value is -1.54. The Morgan fingerprint density at radius 2 is 1.84 bits per heavy atom. The summed E-state index contributed by atoms with van der Waals surface area (Å²) in [5.74, 6) is 1.43. The fourth-order valence-electron chi connectivity index (χ4n) is 5.98. The Morgan fingerprint density at radius 1 is 1.12 bits per heavy atom. The van der Waals surface area contributed by atoms with E-state index in [2.05, 4.69) is 40.5 Å². The Morgan fingerprint density at radius 3 is 2.53 bits per heavy atom. The van der Waals surface area contributed by atoms with Crippen molar-refractivity contribution in [2.75, 3.05) is 43.4 Å².